The number of aromatic nitrogens is 1. The number of carbonyl (C=O) groups excluding carboxylic acids is 2. The smallest absolute Gasteiger partial charge is 0.283 e. The highest BCUT2D eigenvalue weighted by Gasteiger charge is 2.17. The first-order valence-corrected chi connectivity index (χ1v) is 10.2. The number of para-hydroxylation sites is 1. The van der Waals surface area contributed by atoms with Crippen LogP contribution >= 0.6 is 11.6 Å². The molecule has 3 aromatic carbocycles. The molecule has 0 unspecified atom stereocenters. The zero-order valence-corrected chi connectivity index (χ0v) is 17.7. The molecule has 0 radical (unpaired) electrons. The zero-order chi connectivity index (χ0) is 22.5. The maximum absolute atomic E-state index is 12.2. The number of rotatable bonds is 6. The van der Waals surface area contributed by atoms with Gasteiger partial charge < -0.3 is 15.0 Å². The normalized spacial score (nSPS) is 11.2. The maximum Gasteiger partial charge on any atom is 0.283 e. The van der Waals surface area contributed by atoms with E-state index in [1.54, 1.807) is 34.9 Å². The molecule has 0 atom stereocenters. The fourth-order valence-corrected chi connectivity index (χ4v) is 3.56. The van der Waals surface area contributed by atoms with Gasteiger partial charge in [0.1, 0.15) is 6.54 Å². The van der Waals surface area contributed by atoms with E-state index < -0.39 is 11.8 Å². The van der Waals surface area contributed by atoms with Crippen LogP contribution in [0.3, 0.4) is 0 Å². The van der Waals surface area contributed by atoms with Crippen LogP contribution in [0, 0.1) is 0 Å². The first-order chi connectivity index (χ1) is 15.5. The molecule has 4 aromatic rings. The van der Waals surface area contributed by atoms with Crippen molar-refractivity contribution < 1.29 is 14.7 Å². The second-order valence-electron chi connectivity index (χ2n) is 7.02. The van der Waals surface area contributed by atoms with E-state index in [0.29, 0.717) is 11.9 Å². The van der Waals surface area contributed by atoms with E-state index in [-0.39, 0.29) is 28.7 Å². The van der Waals surface area contributed by atoms with Crippen LogP contribution in [0.25, 0.3) is 10.9 Å². The highest BCUT2D eigenvalue weighted by molar-refractivity contribution is 6.33. The molecule has 1 aromatic heterocycles. The number of hydrogen-bond donors (Lipinski definition) is 2. The van der Waals surface area contributed by atoms with Crippen molar-refractivity contribution in [1.82, 2.24) is 9.88 Å². The number of nitrogens with zero attached hydrogens (tertiary/aromatic N) is 3. The minimum Gasteiger partial charge on any atom is -0.493 e. The van der Waals surface area contributed by atoms with Gasteiger partial charge in [-0.1, -0.05) is 72.3 Å². The van der Waals surface area contributed by atoms with Gasteiger partial charge in [-0.25, -0.2) is 0 Å². The van der Waals surface area contributed by atoms with Gasteiger partial charge in [0.25, 0.3) is 11.8 Å². The lowest BCUT2D eigenvalue weighted by atomic mass is 10.2. The standard InChI is InChI=1S/C24H19ClN4O3/c25-19-12-6-4-10-17(19)23(31)26-14-21(30)27-28-22-18-11-5-7-13-20(18)29(24(22)32)15-16-8-2-1-3-9-16/h1-13,32H,14-15H2,(H,26,31). The molecule has 32 heavy (non-hydrogen) atoms. The average Bonchev–Trinajstić information content (AvgIpc) is 3.08. The summed E-state index contributed by atoms with van der Waals surface area (Å²) in [6.07, 6.45) is 0. The SMILES string of the molecule is O=C(CNC(=O)c1ccccc1Cl)N=Nc1c(O)n(Cc2ccccc2)c2ccccc12. The quantitative estimate of drug-likeness (QED) is 0.404. The Hall–Kier alpha value is -3.97. The predicted octanol–water partition coefficient (Wildman–Crippen LogP) is 5.09. The van der Waals surface area contributed by atoms with E-state index in [1.807, 2.05) is 48.5 Å². The van der Waals surface area contributed by atoms with Crippen LogP contribution in [0.4, 0.5) is 5.69 Å². The van der Waals surface area contributed by atoms with Crippen LogP contribution in [0.15, 0.2) is 89.1 Å². The van der Waals surface area contributed by atoms with E-state index in [9.17, 15) is 14.7 Å². The molecular formula is C24H19ClN4O3. The fraction of sp³-hybridized carbons (Fsp3) is 0.0833. The molecule has 0 fully saturated rings. The summed E-state index contributed by atoms with van der Waals surface area (Å²) < 4.78 is 1.71. The van der Waals surface area contributed by atoms with Gasteiger partial charge in [-0.3, -0.25) is 9.59 Å². The Kier molecular flexibility index (Phi) is 6.28. The third-order valence-electron chi connectivity index (χ3n) is 4.88. The van der Waals surface area contributed by atoms with Crippen molar-refractivity contribution in [3.05, 3.63) is 95.0 Å². The van der Waals surface area contributed by atoms with Gasteiger partial charge in [0.05, 0.1) is 22.6 Å². The van der Waals surface area contributed by atoms with Gasteiger partial charge in [-0.15, -0.1) is 10.2 Å². The molecular weight excluding hydrogens is 428 g/mol. The van der Waals surface area contributed by atoms with Gasteiger partial charge in [0.15, 0.2) is 5.69 Å². The minimum absolute atomic E-state index is 0.0910. The largest absolute Gasteiger partial charge is 0.493 e. The molecule has 2 N–H and O–H groups in total. The number of benzene rings is 3. The zero-order valence-electron chi connectivity index (χ0n) is 16.9. The lowest BCUT2D eigenvalue weighted by Crippen LogP contribution is -2.28. The number of azo groups is 1. The molecule has 8 heteroatoms. The first-order valence-electron chi connectivity index (χ1n) is 9.86. The van der Waals surface area contributed by atoms with Crippen LogP contribution in [-0.2, 0) is 11.3 Å². The molecule has 7 nitrogen and oxygen atoms in total. The summed E-state index contributed by atoms with van der Waals surface area (Å²) in [5.74, 6) is -1.24. The number of nitrogens with one attached hydrogen (secondary N) is 1. The van der Waals surface area contributed by atoms with Crippen molar-refractivity contribution in [2.75, 3.05) is 6.54 Å². The van der Waals surface area contributed by atoms with Crippen molar-refractivity contribution >= 4 is 40.0 Å². The topological polar surface area (TPSA) is 96.1 Å². The highest BCUT2D eigenvalue weighted by Crippen LogP contribution is 2.39. The molecule has 0 aliphatic rings. The monoisotopic (exact) mass is 446 g/mol. The fourth-order valence-electron chi connectivity index (χ4n) is 3.33. The molecule has 0 bridgehead atoms. The molecule has 0 aliphatic heterocycles. The minimum atomic E-state index is -0.662. The van der Waals surface area contributed by atoms with E-state index in [1.165, 1.54) is 0 Å². The predicted molar refractivity (Wildman–Crippen MR) is 122 cm³/mol. The van der Waals surface area contributed by atoms with Crippen molar-refractivity contribution in [3.8, 4) is 5.88 Å². The van der Waals surface area contributed by atoms with Gasteiger partial charge in [-0.05, 0) is 23.8 Å². The first kappa shape index (κ1) is 21.3. The molecule has 0 saturated carbocycles. The lowest BCUT2D eigenvalue weighted by Gasteiger charge is -2.06. The molecule has 2 amide bonds. The lowest BCUT2D eigenvalue weighted by molar-refractivity contribution is -0.117. The van der Waals surface area contributed by atoms with Gasteiger partial charge >= 0.3 is 0 Å². The number of hydrogen-bond acceptors (Lipinski definition) is 4. The van der Waals surface area contributed by atoms with Crippen molar-refractivity contribution in [1.29, 1.82) is 0 Å². The van der Waals surface area contributed by atoms with Crippen molar-refractivity contribution in [2.24, 2.45) is 10.2 Å². The molecule has 4 rings (SSSR count). The van der Waals surface area contributed by atoms with Crippen LogP contribution in [0.5, 0.6) is 5.88 Å². The summed E-state index contributed by atoms with van der Waals surface area (Å²) >= 11 is 5.99. The van der Waals surface area contributed by atoms with E-state index >= 15 is 0 Å². The second kappa shape index (κ2) is 9.45. The van der Waals surface area contributed by atoms with Crippen LogP contribution in [0.1, 0.15) is 15.9 Å². The number of halogens is 1. The Morgan fingerprint density at radius 1 is 0.938 bits per heavy atom. The number of amides is 2. The Labute approximate surface area is 189 Å². The summed E-state index contributed by atoms with van der Waals surface area (Å²) in [4.78, 5) is 24.4. The highest BCUT2D eigenvalue weighted by atomic mass is 35.5. The summed E-state index contributed by atoms with van der Waals surface area (Å²) in [6, 6.07) is 23.6. The van der Waals surface area contributed by atoms with Gasteiger partial charge in [-0.2, -0.15) is 0 Å². The summed E-state index contributed by atoms with van der Waals surface area (Å²) in [5, 5.41) is 21.9. The van der Waals surface area contributed by atoms with E-state index in [2.05, 4.69) is 15.5 Å². The molecule has 1 heterocycles. The van der Waals surface area contributed by atoms with Crippen molar-refractivity contribution in [2.45, 2.75) is 6.54 Å². The van der Waals surface area contributed by atoms with Gasteiger partial charge in [0, 0.05) is 5.39 Å². The number of fused-ring (bicyclic) bond motifs is 1. The van der Waals surface area contributed by atoms with E-state index in [4.69, 9.17) is 11.6 Å². The number of aromatic hydroxyl groups is 1. The molecule has 0 spiro atoms. The Balaban J connectivity index is 1.52. The van der Waals surface area contributed by atoms with Crippen LogP contribution in [0.2, 0.25) is 5.02 Å². The Morgan fingerprint density at radius 2 is 1.62 bits per heavy atom. The average molecular weight is 447 g/mol. The summed E-state index contributed by atoms with van der Waals surface area (Å²) in [6.45, 7) is 0.0848. The third-order valence-corrected chi connectivity index (χ3v) is 5.21. The Morgan fingerprint density at radius 3 is 2.41 bits per heavy atom. The number of carbonyl (C=O) groups is 2. The van der Waals surface area contributed by atoms with Crippen LogP contribution < -0.4 is 5.32 Å². The molecule has 160 valence electrons. The third kappa shape index (κ3) is 4.53. The van der Waals surface area contributed by atoms with Crippen LogP contribution in [-0.4, -0.2) is 28.0 Å². The van der Waals surface area contributed by atoms with Gasteiger partial charge in [0.2, 0.25) is 5.88 Å². The summed E-state index contributed by atoms with van der Waals surface area (Å²) in [7, 11) is 0. The molecule has 0 saturated heterocycles. The second-order valence-corrected chi connectivity index (χ2v) is 7.42. The summed E-state index contributed by atoms with van der Waals surface area (Å²) in [5.41, 5.74) is 2.23. The Bertz CT molecular complexity index is 1320. The van der Waals surface area contributed by atoms with Crippen molar-refractivity contribution in [3.63, 3.8) is 0 Å². The maximum atomic E-state index is 12.2. The molecule has 0 aliphatic carbocycles. The van der Waals surface area contributed by atoms with E-state index in [0.717, 1.165) is 11.1 Å².